The molecule has 2 aliphatic heterocycles. The molecule has 0 radical (unpaired) electrons. The minimum Gasteiger partial charge on any atom is -0.269 e. The summed E-state index contributed by atoms with van der Waals surface area (Å²) in [7, 11) is 0. The SMILES string of the molecule is CCc1cc(N2C(=O)C=CC2=O)cc(N2C(=O)C=CC2=O)c1. The van der Waals surface area contributed by atoms with E-state index in [1.165, 1.54) is 30.4 Å². The Morgan fingerprint density at radius 2 is 1.05 bits per heavy atom. The largest absolute Gasteiger partial charge is 0.269 e. The summed E-state index contributed by atoms with van der Waals surface area (Å²) in [5.74, 6) is -1.77. The molecule has 0 aliphatic carbocycles. The number of carbonyl (C=O) groups is 4. The number of carbonyl (C=O) groups excluding carboxylic acids is 4. The second kappa shape index (κ2) is 5.07. The van der Waals surface area contributed by atoms with Gasteiger partial charge in [0.2, 0.25) is 0 Å². The Labute approximate surface area is 126 Å². The van der Waals surface area contributed by atoms with Gasteiger partial charge in [-0.05, 0) is 30.2 Å². The molecule has 22 heavy (non-hydrogen) atoms. The molecule has 2 aliphatic rings. The number of imide groups is 2. The van der Waals surface area contributed by atoms with Crippen molar-refractivity contribution in [2.24, 2.45) is 0 Å². The lowest BCUT2D eigenvalue weighted by molar-refractivity contribution is -0.121. The second-order valence-electron chi connectivity index (χ2n) is 4.90. The minimum atomic E-state index is -0.443. The zero-order valence-corrected chi connectivity index (χ0v) is 11.8. The van der Waals surface area contributed by atoms with Gasteiger partial charge in [-0.3, -0.25) is 19.2 Å². The van der Waals surface area contributed by atoms with Crippen molar-refractivity contribution in [1.29, 1.82) is 0 Å². The van der Waals surface area contributed by atoms with Gasteiger partial charge in [-0.2, -0.15) is 0 Å². The van der Waals surface area contributed by atoms with Crippen LogP contribution < -0.4 is 9.80 Å². The molecule has 0 fully saturated rings. The van der Waals surface area contributed by atoms with E-state index in [9.17, 15) is 19.2 Å². The summed E-state index contributed by atoms with van der Waals surface area (Å²) in [5.41, 5.74) is 1.51. The summed E-state index contributed by atoms with van der Waals surface area (Å²) in [4.78, 5) is 49.2. The van der Waals surface area contributed by atoms with Crippen molar-refractivity contribution >= 4 is 35.0 Å². The van der Waals surface area contributed by atoms with Crippen LogP contribution in [-0.4, -0.2) is 23.6 Å². The molecule has 1 aromatic rings. The van der Waals surface area contributed by atoms with Gasteiger partial charge in [-0.25, -0.2) is 9.80 Å². The molecular weight excluding hydrogens is 284 g/mol. The molecule has 0 atom stereocenters. The molecule has 2 heterocycles. The van der Waals surface area contributed by atoms with E-state index in [2.05, 4.69) is 0 Å². The Morgan fingerprint density at radius 3 is 1.36 bits per heavy atom. The maximum Gasteiger partial charge on any atom is 0.258 e. The zero-order valence-electron chi connectivity index (χ0n) is 11.8. The fraction of sp³-hybridized carbons (Fsp3) is 0.125. The molecule has 110 valence electrons. The van der Waals surface area contributed by atoms with Gasteiger partial charge in [0.15, 0.2) is 0 Å². The van der Waals surface area contributed by atoms with Crippen molar-refractivity contribution in [1.82, 2.24) is 0 Å². The molecule has 0 aromatic heterocycles. The van der Waals surface area contributed by atoms with Crippen molar-refractivity contribution in [3.05, 3.63) is 48.1 Å². The van der Waals surface area contributed by atoms with Crippen LogP contribution in [0.2, 0.25) is 0 Å². The van der Waals surface area contributed by atoms with Crippen molar-refractivity contribution in [2.75, 3.05) is 9.80 Å². The smallest absolute Gasteiger partial charge is 0.258 e. The molecule has 0 unspecified atom stereocenters. The number of hydrogen-bond donors (Lipinski definition) is 0. The number of nitrogens with zero attached hydrogens (tertiary/aromatic N) is 2. The number of rotatable bonds is 3. The number of anilines is 2. The highest BCUT2D eigenvalue weighted by atomic mass is 16.2. The zero-order chi connectivity index (χ0) is 15.9. The van der Waals surface area contributed by atoms with E-state index in [1.54, 1.807) is 12.1 Å². The molecule has 0 N–H and O–H groups in total. The van der Waals surface area contributed by atoms with Crippen molar-refractivity contribution in [3.63, 3.8) is 0 Å². The van der Waals surface area contributed by atoms with Crippen molar-refractivity contribution in [3.8, 4) is 0 Å². The maximum atomic E-state index is 11.8. The van der Waals surface area contributed by atoms with E-state index in [-0.39, 0.29) is 0 Å². The molecule has 0 saturated heterocycles. The first-order valence-electron chi connectivity index (χ1n) is 6.77. The van der Waals surface area contributed by atoms with E-state index in [0.29, 0.717) is 17.8 Å². The summed E-state index contributed by atoms with van der Waals surface area (Å²) in [6, 6.07) is 4.89. The lowest BCUT2D eigenvalue weighted by Crippen LogP contribution is -2.32. The van der Waals surface area contributed by atoms with Crippen LogP contribution in [0.5, 0.6) is 0 Å². The first kappa shape index (κ1) is 13.9. The van der Waals surface area contributed by atoms with Crippen LogP contribution in [0, 0.1) is 0 Å². The molecular formula is C16H12N2O4. The van der Waals surface area contributed by atoms with Crippen molar-refractivity contribution < 1.29 is 19.2 Å². The fourth-order valence-corrected chi connectivity index (χ4v) is 2.43. The van der Waals surface area contributed by atoms with E-state index in [0.717, 1.165) is 15.4 Å². The minimum absolute atomic E-state index is 0.349. The predicted octanol–water partition coefficient (Wildman–Crippen LogP) is 1.11. The Morgan fingerprint density at radius 1 is 0.682 bits per heavy atom. The van der Waals surface area contributed by atoms with Gasteiger partial charge in [0.05, 0.1) is 11.4 Å². The quantitative estimate of drug-likeness (QED) is 0.783. The lowest BCUT2D eigenvalue weighted by atomic mass is 10.1. The van der Waals surface area contributed by atoms with E-state index >= 15 is 0 Å². The molecule has 0 bridgehead atoms. The maximum absolute atomic E-state index is 11.8. The van der Waals surface area contributed by atoms with Crippen LogP contribution in [-0.2, 0) is 25.6 Å². The average molecular weight is 296 g/mol. The van der Waals surface area contributed by atoms with Gasteiger partial charge in [0, 0.05) is 24.3 Å². The molecule has 1 aromatic carbocycles. The molecule has 6 heteroatoms. The third-order valence-electron chi connectivity index (χ3n) is 3.51. The standard InChI is InChI=1S/C16H12N2O4/c1-2-10-7-11(17-13(19)3-4-14(17)20)9-12(8-10)18-15(21)5-6-16(18)22/h3-9H,2H2,1H3. The van der Waals surface area contributed by atoms with Crippen LogP contribution in [0.1, 0.15) is 12.5 Å². The number of hydrogen-bond acceptors (Lipinski definition) is 4. The molecule has 0 spiro atoms. The van der Waals surface area contributed by atoms with Gasteiger partial charge in [0.25, 0.3) is 23.6 Å². The van der Waals surface area contributed by atoms with Crippen LogP contribution in [0.25, 0.3) is 0 Å². The summed E-state index contributed by atoms with van der Waals surface area (Å²) in [6.07, 6.45) is 5.39. The predicted molar refractivity (Wildman–Crippen MR) is 79.1 cm³/mol. The second-order valence-corrected chi connectivity index (χ2v) is 4.90. The van der Waals surface area contributed by atoms with Gasteiger partial charge < -0.3 is 0 Å². The average Bonchev–Trinajstić information content (AvgIpc) is 3.00. The third-order valence-corrected chi connectivity index (χ3v) is 3.51. The Kier molecular flexibility index (Phi) is 3.21. The van der Waals surface area contributed by atoms with E-state index < -0.39 is 23.6 Å². The van der Waals surface area contributed by atoms with Gasteiger partial charge in [0.1, 0.15) is 0 Å². The molecule has 3 rings (SSSR count). The number of benzene rings is 1. The fourth-order valence-electron chi connectivity index (χ4n) is 2.43. The highest BCUT2D eigenvalue weighted by Crippen LogP contribution is 2.29. The molecule has 0 saturated carbocycles. The lowest BCUT2D eigenvalue weighted by Gasteiger charge is -2.20. The number of aryl methyl sites for hydroxylation is 1. The first-order valence-corrected chi connectivity index (χ1v) is 6.77. The Balaban J connectivity index is 2.08. The van der Waals surface area contributed by atoms with Crippen LogP contribution in [0.15, 0.2) is 42.5 Å². The first-order chi connectivity index (χ1) is 10.5. The summed E-state index contributed by atoms with van der Waals surface area (Å²) in [6.45, 7) is 1.90. The van der Waals surface area contributed by atoms with Crippen LogP contribution in [0.3, 0.4) is 0 Å². The molecule has 6 nitrogen and oxygen atoms in total. The van der Waals surface area contributed by atoms with Gasteiger partial charge >= 0.3 is 0 Å². The monoisotopic (exact) mass is 296 g/mol. The van der Waals surface area contributed by atoms with Crippen LogP contribution in [0.4, 0.5) is 11.4 Å². The Hall–Kier alpha value is -3.02. The van der Waals surface area contributed by atoms with E-state index in [4.69, 9.17) is 0 Å². The van der Waals surface area contributed by atoms with E-state index in [1.807, 2.05) is 6.92 Å². The highest BCUT2D eigenvalue weighted by molar-refractivity contribution is 6.30. The van der Waals surface area contributed by atoms with Crippen LogP contribution >= 0.6 is 0 Å². The summed E-state index contributed by atoms with van der Waals surface area (Å²) in [5, 5.41) is 0. The molecule has 4 amide bonds. The van der Waals surface area contributed by atoms with Gasteiger partial charge in [-0.15, -0.1) is 0 Å². The summed E-state index contributed by atoms with van der Waals surface area (Å²) >= 11 is 0. The highest BCUT2D eigenvalue weighted by Gasteiger charge is 2.29. The normalized spacial score (nSPS) is 17.3. The Bertz CT molecular complexity index is 680. The topological polar surface area (TPSA) is 74.8 Å². The van der Waals surface area contributed by atoms with Gasteiger partial charge in [-0.1, -0.05) is 6.92 Å². The van der Waals surface area contributed by atoms with Crippen molar-refractivity contribution in [2.45, 2.75) is 13.3 Å². The third kappa shape index (κ3) is 2.14. The number of amides is 4. The summed E-state index contributed by atoms with van der Waals surface area (Å²) < 4.78 is 0.